The summed E-state index contributed by atoms with van der Waals surface area (Å²) in [5, 5.41) is 0. The first-order valence-corrected chi connectivity index (χ1v) is 4.47. The van der Waals surface area contributed by atoms with Gasteiger partial charge in [-0.3, -0.25) is 0 Å². The van der Waals surface area contributed by atoms with Gasteiger partial charge in [0.05, 0.1) is 13.2 Å². The van der Waals surface area contributed by atoms with E-state index in [0.29, 0.717) is 13.2 Å². The van der Waals surface area contributed by atoms with Gasteiger partial charge >= 0.3 is 0 Å². The van der Waals surface area contributed by atoms with Gasteiger partial charge < -0.3 is 13.9 Å². The van der Waals surface area contributed by atoms with Gasteiger partial charge in [0.1, 0.15) is 0 Å². The zero-order valence-corrected chi connectivity index (χ0v) is 7.79. The summed E-state index contributed by atoms with van der Waals surface area (Å²) in [7, 11) is 0. The van der Waals surface area contributed by atoms with Crippen molar-refractivity contribution < 1.29 is 13.9 Å². The van der Waals surface area contributed by atoms with Crippen molar-refractivity contribution >= 4 is 11.2 Å². The van der Waals surface area contributed by atoms with Crippen molar-refractivity contribution in [2.75, 3.05) is 13.2 Å². The third-order valence-corrected chi connectivity index (χ3v) is 1.84. The molecule has 2 aromatic heterocycles. The van der Waals surface area contributed by atoms with Gasteiger partial charge in [-0.1, -0.05) is 0 Å². The quantitative estimate of drug-likeness (QED) is 0.724. The van der Waals surface area contributed by atoms with E-state index in [1.165, 1.54) is 0 Å². The SMILES string of the molecule is CCOc1c(OCC)c2ccc1o2. The van der Waals surface area contributed by atoms with Crippen LogP contribution in [0.25, 0.3) is 11.2 Å². The smallest absolute Gasteiger partial charge is 0.208 e. The first-order chi connectivity index (χ1) is 6.36. The summed E-state index contributed by atoms with van der Waals surface area (Å²) in [4.78, 5) is 0. The minimum atomic E-state index is 0.625. The van der Waals surface area contributed by atoms with Crippen LogP contribution in [0.4, 0.5) is 0 Å². The van der Waals surface area contributed by atoms with E-state index in [9.17, 15) is 0 Å². The Balaban J connectivity index is 2.40. The molecule has 0 fully saturated rings. The summed E-state index contributed by atoms with van der Waals surface area (Å²) in [5.74, 6) is 1.48. The summed E-state index contributed by atoms with van der Waals surface area (Å²) >= 11 is 0. The molecular formula is C10H12O3. The van der Waals surface area contributed by atoms with Gasteiger partial charge in [0.2, 0.25) is 11.5 Å². The lowest BCUT2D eigenvalue weighted by atomic mass is 10.3. The van der Waals surface area contributed by atoms with Crippen molar-refractivity contribution in [1.82, 2.24) is 0 Å². The molecule has 13 heavy (non-hydrogen) atoms. The Labute approximate surface area is 76.6 Å². The fraction of sp³-hybridized carbons (Fsp3) is 0.400. The lowest BCUT2D eigenvalue weighted by Gasteiger charge is -2.05. The maximum Gasteiger partial charge on any atom is 0.208 e. The predicted octanol–water partition coefficient (Wildman–Crippen LogP) is 2.67. The van der Waals surface area contributed by atoms with E-state index in [-0.39, 0.29) is 0 Å². The Morgan fingerprint density at radius 1 is 1.00 bits per heavy atom. The molecule has 0 unspecified atom stereocenters. The molecule has 0 atom stereocenters. The molecule has 0 saturated heterocycles. The predicted molar refractivity (Wildman–Crippen MR) is 49.7 cm³/mol. The van der Waals surface area contributed by atoms with Crippen LogP contribution in [-0.4, -0.2) is 13.2 Å². The molecule has 0 aliphatic carbocycles. The highest BCUT2D eigenvalue weighted by Gasteiger charge is 2.18. The van der Waals surface area contributed by atoms with Crippen LogP contribution < -0.4 is 9.47 Å². The molecule has 0 amide bonds. The van der Waals surface area contributed by atoms with Gasteiger partial charge in [0.15, 0.2) is 11.2 Å². The van der Waals surface area contributed by atoms with Gasteiger partial charge in [-0.2, -0.15) is 0 Å². The second-order valence-corrected chi connectivity index (χ2v) is 2.69. The summed E-state index contributed by atoms with van der Waals surface area (Å²) in [6.07, 6.45) is 0. The molecule has 2 aromatic rings. The lowest BCUT2D eigenvalue weighted by molar-refractivity contribution is 0.294. The van der Waals surface area contributed by atoms with E-state index in [0.717, 1.165) is 22.7 Å². The number of fused-ring (bicyclic) bond motifs is 2. The van der Waals surface area contributed by atoms with Crippen LogP contribution in [0.15, 0.2) is 16.5 Å². The van der Waals surface area contributed by atoms with Crippen molar-refractivity contribution in [3.05, 3.63) is 12.1 Å². The molecule has 0 aliphatic heterocycles. The van der Waals surface area contributed by atoms with Gasteiger partial charge in [-0.05, 0) is 26.0 Å². The maximum atomic E-state index is 5.42. The Morgan fingerprint density at radius 3 is 1.85 bits per heavy atom. The standard InChI is InChI=1S/C10H12O3/c1-3-11-9-7-5-6-8(13-7)10(9)12-4-2/h5-6H,3-4H2,1-2H3. The first-order valence-electron chi connectivity index (χ1n) is 4.47. The van der Waals surface area contributed by atoms with Crippen LogP contribution in [0, 0.1) is 0 Å². The van der Waals surface area contributed by atoms with E-state index in [2.05, 4.69) is 0 Å². The highest BCUT2D eigenvalue weighted by molar-refractivity contribution is 5.80. The normalized spacial score (nSPS) is 10.9. The molecule has 0 radical (unpaired) electrons. The zero-order chi connectivity index (χ0) is 9.26. The lowest BCUT2D eigenvalue weighted by Crippen LogP contribution is -1.96. The third-order valence-electron chi connectivity index (χ3n) is 1.84. The Hall–Kier alpha value is -1.38. The van der Waals surface area contributed by atoms with Crippen molar-refractivity contribution in [2.24, 2.45) is 0 Å². The van der Waals surface area contributed by atoms with Crippen molar-refractivity contribution in [3.63, 3.8) is 0 Å². The second kappa shape index (κ2) is 3.17. The number of ether oxygens (including phenoxy) is 2. The minimum Gasteiger partial charge on any atom is -0.487 e. The van der Waals surface area contributed by atoms with Crippen molar-refractivity contribution in [2.45, 2.75) is 13.8 Å². The van der Waals surface area contributed by atoms with Crippen LogP contribution in [0.1, 0.15) is 13.8 Å². The molecule has 0 N–H and O–H groups in total. The number of benzene rings is 1. The largest absolute Gasteiger partial charge is 0.487 e. The Kier molecular flexibility index (Phi) is 2.00. The average molecular weight is 180 g/mol. The fourth-order valence-electron chi connectivity index (χ4n) is 1.37. The molecule has 70 valence electrons. The number of hydrogen-bond acceptors (Lipinski definition) is 3. The average Bonchev–Trinajstić information content (AvgIpc) is 2.69. The highest BCUT2D eigenvalue weighted by atomic mass is 16.5. The molecule has 0 aromatic carbocycles. The van der Waals surface area contributed by atoms with Gasteiger partial charge in [-0.15, -0.1) is 0 Å². The van der Waals surface area contributed by atoms with Gasteiger partial charge in [0, 0.05) is 0 Å². The highest BCUT2D eigenvalue weighted by Crippen LogP contribution is 2.42. The molecule has 3 heteroatoms. The van der Waals surface area contributed by atoms with Crippen LogP contribution >= 0.6 is 0 Å². The van der Waals surface area contributed by atoms with Crippen LogP contribution in [0.3, 0.4) is 0 Å². The Morgan fingerprint density at radius 2 is 1.46 bits per heavy atom. The molecular weight excluding hydrogens is 168 g/mol. The second-order valence-electron chi connectivity index (χ2n) is 2.69. The third kappa shape index (κ3) is 1.20. The van der Waals surface area contributed by atoms with Crippen LogP contribution in [-0.2, 0) is 0 Å². The summed E-state index contributed by atoms with van der Waals surface area (Å²) in [5.41, 5.74) is 1.53. The monoisotopic (exact) mass is 180 g/mol. The molecule has 0 saturated carbocycles. The maximum absolute atomic E-state index is 5.42. The fourth-order valence-corrected chi connectivity index (χ4v) is 1.37. The summed E-state index contributed by atoms with van der Waals surface area (Å²) in [6.45, 7) is 5.13. The molecule has 2 bridgehead atoms. The van der Waals surface area contributed by atoms with Crippen molar-refractivity contribution in [1.29, 1.82) is 0 Å². The molecule has 3 nitrogen and oxygen atoms in total. The van der Waals surface area contributed by atoms with E-state index in [1.807, 2.05) is 26.0 Å². The molecule has 0 spiro atoms. The number of hydrogen-bond donors (Lipinski definition) is 0. The number of furan rings is 2. The van der Waals surface area contributed by atoms with E-state index < -0.39 is 0 Å². The molecule has 2 heterocycles. The van der Waals surface area contributed by atoms with E-state index in [4.69, 9.17) is 13.9 Å². The van der Waals surface area contributed by atoms with Gasteiger partial charge in [-0.25, -0.2) is 0 Å². The van der Waals surface area contributed by atoms with Crippen molar-refractivity contribution in [3.8, 4) is 11.5 Å². The summed E-state index contributed by atoms with van der Waals surface area (Å²) < 4.78 is 16.2. The Bertz CT molecular complexity index is 343. The minimum absolute atomic E-state index is 0.625. The summed E-state index contributed by atoms with van der Waals surface area (Å²) in [6, 6.07) is 3.78. The van der Waals surface area contributed by atoms with E-state index >= 15 is 0 Å². The van der Waals surface area contributed by atoms with Gasteiger partial charge in [0.25, 0.3) is 0 Å². The van der Waals surface area contributed by atoms with Crippen LogP contribution in [0.5, 0.6) is 11.5 Å². The zero-order valence-electron chi connectivity index (χ0n) is 7.79. The molecule has 0 aliphatic rings. The number of rotatable bonds is 4. The molecule has 2 rings (SSSR count). The van der Waals surface area contributed by atoms with E-state index in [1.54, 1.807) is 0 Å². The first kappa shape index (κ1) is 8.23. The topological polar surface area (TPSA) is 31.6 Å². The van der Waals surface area contributed by atoms with Crippen LogP contribution in [0.2, 0.25) is 0 Å².